The Kier molecular flexibility index (Phi) is 3.74. The van der Waals surface area contributed by atoms with Gasteiger partial charge in [-0.3, -0.25) is 9.59 Å². The van der Waals surface area contributed by atoms with Gasteiger partial charge in [0.25, 0.3) is 11.8 Å². The van der Waals surface area contributed by atoms with Crippen LogP contribution in [0, 0.1) is 0 Å². The van der Waals surface area contributed by atoms with Crippen molar-refractivity contribution in [3.63, 3.8) is 0 Å². The first-order chi connectivity index (χ1) is 9.43. The van der Waals surface area contributed by atoms with E-state index in [1.807, 2.05) is 24.3 Å². The second-order valence-electron chi connectivity index (χ2n) is 5.11. The molecule has 2 amide bonds. The molecule has 0 aromatic heterocycles. The Hall–Kier alpha value is -2.36. The van der Waals surface area contributed by atoms with E-state index in [-0.39, 0.29) is 11.8 Å². The van der Waals surface area contributed by atoms with E-state index < -0.39 is 0 Å². The highest BCUT2D eigenvalue weighted by molar-refractivity contribution is 6.13. The molecule has 2 aromatic carbocycles. The van der Waals surface area contributed by atoms with Crippen LogP contribution in [0.3, 0.4) is 0 Å². The van der Waals surface area contributed by atoms with Crippen LogP contribution in [0.25, 0.3) is 10.8 Å². The normalized spacial score (nSPS) is 10.4. The molecule has 0 radical (unpaired) electrons. The maximum Gasteiger partial charge on any atom is 0.253 e. The maximum atomic E-state index is 12.2. The topological polar surface area (TPSA) is 40.6 Å². The minimum absolute atomic E-state index is 0.0648. The highest BCUT2D eigenvalue weighted by Crippen LogP contribution is 2.24. The molecule has 0 saturated carbocycles. The lowest BCUT2D eigenvalue weighted by Crippen LogP contribution is -2.24. The van der Waals surface area contributed by atoms with Crippen molar-refractivity contribution in [2.24, 2.45) is 0 Å². The van der Waals surface area contributed by atoms with Crippen molar-refractivity contribution in [3.05, 3.63) is 47.5 Å². The summed E-state index contributed by atoms with van der Waals surface area (Å²) in [7, 11) is 6.87. The quantitative estimate of drug-likeness (QED) is 0.839. The number of carbonyl (C=O) groups excluding carboxylic acids is 2. The Morgan fingerprint density at radius 3 is 1.35 bits per heavy atom. The van der Waals surface area contributed by atoms with Crippen LogP contribution in [-0.4, -0.2) is 49.8 Å². The Bertz CT molecular complexity index is 617. The summed E-state index contributed by atoms with van der Waals surface area (Å²) >= 11 is 0. The SMILES string of the molecule is CN(C)C(=O)c1ccc(C(=O)N(C)C)c2ccccc12. The first kappa shape index (κ1) is 14.1. The first-order valence-electron chi connectivity index (χ1n) is 6.38. The minimum atomic E-state index is -0.0648. The number of rotatable bonds is 2. The van der Waals surface area contributed by atoms with Crippen LogP contribution in [-0.2, 0) is 0 Å². The van der Waals surface area contributed by atoms with Crippen LogP contribution in [0.2, 0.25) is 0 Å². The fraction of sp³-hybridized carbons (Fsp3) is 0.250. The van der Waals surface area contributed by atoms with E-state index in [1.165, 1.54) is 9.80 Å². The van der Waals surface area contributed by atoms with Crippen LogP contribution in [0.5, 0.6) is 0 Å². The fourth-order valence-corrected chi connectivity index (χ4v) is 2.15. The van der Waals surface area contributed by atoms with E-state index in [4.69, 9.17) is 0 Å². The molecule has 0 aliphatic rings. The highest BCUT2D eigenvalue weighted by Gasteiger charge is 2.17. The Labute approximate surface area is 118 Å². The van der Waals surface area contributed by atoms with E-state index in [0.29, 0.717) is 11.1 Å². The van der Waals surface area contributed by atoms with Crippen molar-refractivity contribution in [1.29, 1.82) is 0 Å². The van der Waals surface area contributed by atoms with E-state index in [1.54, 1.807) is 40.3 Å². The third-order valence-electron chi connectivity index (χ3n) is 3.20. The minimum Gasteiger partial charge on any atom is -0.345 e. The monoisotopic (exact) mass is 270 g/mol. The summed E-state index contributed by atoms with van der Waals surface area (Å²) in [6, 6.07) is 10.9. The molecule has 0 aliphatic heterocycles. The van der Waals surface area contributed by atoms with Crippen molar-refractivity contribution in [3.8, 4) is 0 Å². The van der Waals surface area contributed by atoms with Crippen LogP contribution in [0.4, 0.5) is 0 Å². The molecule has 2 rings (SSSR count). The van der Waals surface area contributed by atoms with Gasteiger partial charge >= 0.3 is 0 Å². The number of benzene rings is 2. The second-order valence-corrected chi connectivity index (χ2v) is 5.11. The molecular formula is C16H18N2O2. The number of hydrogen-bond donors (Lipinski definition) is 0. The van der Waals surface area contributed by atoms with Gasteiger partial charge in [-0.2, -0.15) is 0 Å². The lowest BCUT2D eigenvalue weighted by atomic mass is 9.98. The van der Waals surface area contributed by atoms with Crippen LogP contribution >= 0.6 is 0 Å². The van der Waals surface area contributed by atoms with Gasteiger partial charge in [0.05, 0.1) is 0 Å². The molecule has 0 N–H and O–H groups in total. The van der Waals surface area contributed by atoms with Gasteiger partial charge in [0.15, 0.2) is 0 Å². The zero-order chi connectivity index (χ0) is 14.9. The summed E-state index contributed by atoms with van der Waals surface area (Å²) in [4.78, 5) is 27.5. The van der Waals surface area contributed by atoms with Gasteiger partial charge in [0, 0.05) is 39.3 Å². The zero-order valence-corrected chi connectivity index (χ0v) is 12.2. The third kappa shape index (κ3) is 2.37. The summed E-state index contributed by atoms with van der Waals surface area (Å²) in [5, 5.41) is 1.61. The molecule has 4 heteroatoms. The molecule has 4 nitrogen and oxygen atoms in total. The fourth-order valence-electron chi connectivity index (χ4n) is 2.15. The molecule has 0 unspecified atom stereocenters. The number of carbonyl (C=O) groups is 2. The van der Waals surface area contributed by atoms with Crippen molar-refractivity contribution in [2.75, 3.05) is 28.2 Å². The first-order valence-corrected chi connectivity index (χ1v) is 6.38. The van der Waals surface area contributed by atoms with Crippen molar-refractivity contribution < 1.29 is 9.59 Å². The van der Waals surface area contributed by atoms with Crippen molar-refractivity contribution in [2.45, 2.75) is 0 Å². The molecule has 0 aliphatic carbocycles. The van der Waals surface area contributed by atoms with Crippen LogP contribution in [0.1, 0.15) is 20.7 Å². The summed E-state index contributed by atoms with van der Waals surface area (Å²) in [6.45, 7) is 0. The average molecular weight is 270 g/mol. The summed E-state index contributed by atoms with van der Waals surface area (Å²) in [5.74, 6) is -0.130. The second kappa shape index (κ2) is 5.33. The smallest absolute Gasteiger partial charge is 0.253 e. The standard InChI is InChI=1S/C16H18N2O2/c1-17(2)15(19)13-9-10-14(16(20)18(3)4)12-8-6-5-7-11(12)13/h5-10H,1-4H3. The van der Waals surface area contributed by atoms with Crippen LogP contribution < -0.4 is 0 Å². The van der Waals surface area contributed by atoms with Crippen molar-refractivity contribution >= 4 is 22.6 Å². The summed E-state index contributed by atoms with van der Waals surface area (Å²) in [5.41, 5.74) is 1.22. The van der Waals surface area contributed by atoms with Gasteiger partial charge in [-0.25, -0.2) is 0 Å². The molecule has 0 heterocycles. The number of amides is 2. The molecule has 0 spiro atoms. The molecule has 104 valence electrons. The molecular weight excluding hydrogens is 252 g/mol. The lowest BCUT2D eigenvalue weighted by molar-refractivity contribution is 0.0819. The molecule has 0 fully saturated rings. The zero-order valence-electron chi connectivity index (χ0n) is 12.2. The molecule has 2 aromatic rings. The average Bonchev–Trinajstić information content (AvgIpc) is 2.44. The Morgan fingerprint density at radius 2 is 1.05 bits per heavy atom. The molecule has 0 atom stereocenters. The van der Waals surface area contributed by atoms with Gasteiger partial charge in [0.2, 0.25) is 0 Å². The molecule has 0 bridgehead atoms. The van der Waals surface area contributed by atoms with Gasteiger partial charge in [-0.05, 0) is 22.9 Å². The summed E-state index contributed by atoms with van der Waals surface area (Å²) < 4.78 is 0. The third-order valence-corrected chi connectivity index (χ3v) is 3.20. The van der Waals surface area contributed by atoms with E-state index in [9.17, 15) is 9.59 Å². The predicted molar refractivity (Wildman–Crippen MR) is 80.0 cm³/mol. The number of nitrogens with zero attached hydrogens (tertiary/aromatic N) is 2. The van der Waals surface area contributed by atoms with E-state index >= 15 is 0 Å². The van der Waals surface area contributed by atoms with E-state index in [0.717, 1.165) is 10.8 Å². The molecule has 20 heavy (non-hydrogen) atoms. The lowest BCUT2D eigenvalue weighted by Gasteiger charge is -2.16. The Morgan fingerprint density at radius 1 is 0.700 bits per heavy atom. The van der Waals surface area contributed by atoms with Gasteiger partial charge < -0.3 is 9.80 Å². The van der Waals surface area contributed by atoms with Crippen LogP contribution in [0.15, 0.2) is 36.4 Å². The van der Waals surface area contributed by atoms with E-state index in [2.05, 4.69) is 0 Å². The van der Waals surface area contributed by atoms with Gasteiger partial charge in [-0.15, -0.1) is 0 Å². The summed E-state index contributed by atoms with van der Waals surface area (Å²) in [6.07, 6.45) is 0. The number of fused-ring (bicyclic) bond motifs is 1. The Balaban J connectivity index is 2.70. The van der Waals surface area contributed by atoms with Gasteiger partial charge in [-0.1, -0.05) is 24.3 Å². The van der Waals surface area contributed by atoms with Crippen molar-refractivity contribution in [1.82, 2.24) is 9.80 Å². The molecule has 0 saturated heterocycles. The maximum absolute atomic E-state index is 12.2. The largest absolute Gasteiger partial charge is 0.345 e. The number of hydrogen-bond acceptors (Lipinski definition) is 2. The van der Waals surface area contributed by atoms with Gasteiger partial charge in [0.1, 0.15) is 0 Å². The highest BCUT2D eigenvalue weighted by atomic mass is 16.2. The predicted octanol–water partition coefficient (Wildman–Crippen LogP) is 2.24.